The Kier molecular flexibility index (Phi) is 4.33. The van der Waals surface area contributed by atoms with Crippen molar-refractivity contribution >= 4 is 11.6 Å². The van der Waals surface area contributed by atoms with Crippen molar-refractivity contribution in [2.45, 2.75) is 13.5 Å². The van der Waals surface area contributed by atoms with Crippen LogP contribution in [0, 0.1) is 6.92 Å². The highest BCUT2D eigenvalue weighted by atomic mass is 16.5. The van der Waals surface area contributed by atoms with Crippen LogP contribution in [0.1, 0.15) is 21.9 Å². The number of rotatable bonds is 5. The van der Waals surface area contributed by atoms with Crippen molar-refractivity contribution in [2.24, 2.45) is 14.1 Å². The van der Waals surface area contributed by atoms with E-state index in [4.69, 9.17) is 4.74 Å². The highest BCUT2D eigenvalue weighted by Crippen LogP contribution is 2.18. The Morgan fingerprint density at radius 3 is 2.58 bits per heavy atom. The summed E-state index contributed by atoms with van der Waals surface area (Å²) in [6.45, 7) is 2.25. The number of hydrogen-bond acceptors (Lipinski definition) is 4. The third-order valence-corrected chi connectivity index (χ3v) is 3.88. The SMILES string of the molecule is Cc1c(C(=O)Nc2ccc(OCc3nccn3C)cc2)cnn1C. The van der Waals surface area contributed by atoms with Gasteiger partial charge in [-0.15, -0.1) is 0 Å². The summed E-state index contributed by atoms with van der Waals surface area (Å²) in [4.78, 5) is 16.4. The number of aromatic nitrogens is 4. The number of carbonyl (C=O) groups is 1. The maximum Gasteiger partial charge on any atom is 0.259 e. The molecule has 0 atom stereocenters. The van der Waals surface area contributed by atoms with E-state index in [0.29, 0.717) is 23.6 Å². The molecule has 0 radical (unpaired) electrons. The van der Waals surface area contributed by atoms with Crippen LogP contribution in [0.4, 0.5) is 5.69 Å². The lowest BCUT2D eigenvalue weighted by Crippen LogP contribution is -2.12. The van der Waals surface area contributed by atoms with Crippen molar-refractivity contribution in [2.75, 3.05) is 5.32 Å². The number of aryl methyl sites for hydroxylation is 2. The first-order valence-corrected chi connectivity index (χ1v) is 7.53. The molecule has 24 heavy (non-hydrogen) atoms. The minimum atomic E-state index is -0.178. The van der Waals surface area contributed by atoms with Crippen LogP contribution < -0.4 is 10.1 Å². The number of hydrogen-bond donors (Lipinski definition) is 1. The summed E-state index contributed by atoms with van der Waals surface area (Å²) >= 11 is 0. The van der Waals surface area contributed by atoms with Gasteiger partial charge < -0.3 is 14.6 Å². The molecule has 1 N–H and O–H groups in total. The lowest BCUT2D eigenvalue weighted by atomic mass is 10.2. The summed E-state index contributed by atoms with van der Waals surface area (Å²) < 4.78 is 9.27. The average Bonchev–Trinajstić information content (AvgIpc) is 3.13. The number of nitrogens with one attached hydrogen (secondary N) is 1. The predicted molar refractivity (Wildman–Crippen MR) is 89.9 cm³/mol. The second-order valence-electron chi connectivity index (χ2n) is 5.49. The van der Waals surface area contributed by atoms with Crippen LogP contribution in [0.2, 0.25) is 0 Å². The van der Waals surface area contributed by atoms with E-state index in [0.717, 1.165) is 11.5 Å². The second-order valence-corrected chi connectivity index (χ2v) is 5.49. The van der Waals surface area contributed by atoms with Crippen LogP contribution in [0.15, 0.2) is 42.9 Å². The molecular weight excluding hydrogens is 306 g/mol. The Morgan fingerprint density at radius 1 is 1.25 bits per heavy atom. The van der Waals surface area contributed by atoms with Crippen molar-refractivity contribution in [1.82, 2.24) is 19.3 Å². The molecule has 0 aliphatic rings. The first-order chi connectivity index (χ1) is 11.5. The maximum absolute atomic E-state index is 12.2. The summed E-state index contributed by atoms with van der Waals surface area (Å²) in [5, 5.41) is 6.93. The van der Waals surface area contributed by atoms with E-state index in [1.165, 1.54) is 0 Å². The molecule has 0 saturated carbocycles. The highest BCUT2D eigenvalue weighted by Gasteiger charge is 2.12. The van der Waals surface area contributed by atoms with Crippen LogP contribution in [-0.2, 0) is 20.7 Å². The zero-order valence-corrected chi connectivity index (χ0v) is 13.9. The van der Waals surface area contributed by atoms with Crippen molar-refractivity contribution in [3.05, 3.63) is 59.9 Å². The minimum absolute atomic E-state index is 0.178. The van der Waals surface area contributed by atoms with Gasteiger partial charge in [-0.2, -0.15) is 5.10 Å². The van der Waals surface area contributed by atoms with Crippen LogP contribution in [-0.4, -0.2) is 25.2 Å². The number of nitrogens with zero attached hydrogens (tertiary/aromatic N) is 4. The first-order valence-electron chi connectivity index (χ1n) is 7.53. The van der Waals surface area contributed by atoms with Crippen molar-refractivity contribution in [3.63, 3.8) is 0 Å². The fraction of sp³-hybridized carbons (Fsp3) is 0.235. The monoisotopic (exact) mass is 325 g/mol. The minimum Gasteiger partial charge on any atom is -0.486 e. The molecule has 7 heteroatoms. The number of imidazole rings is 1. The van der Waals surface area contributed by atoms with Crippen molar-refractivity contribution < 1.29 is 9.53 Å². The Labute approximate surface area is 139 Å². The number of benzene rings is 1. The molecule has 1 aromatic carbocycles. The summed E-state index contributed by atoms with van der Waals surface area (Å²) in [5.74, 6) is 1.38. The fourth-order valence-electron chi connectivity index (χ4n) is 2.24. The standard InChI is InChI=1S/C17H19N5O2/c1-12-15(10-19-22(12)3)17(23)20-13-4-6-14(7-5-13)24-11-16-18-8-9-21(16)2/h4-10H,11H2,1-3H3,(H,20,23). The van der Waals surface area contributed by atoms with E-state index >= 15 is 0 Å². The van der Waals surface area contributed by atoms with Crippen molar-refractivity contribution in [1.29, 1.82) is 0 Å². The number of ether oxygens (including phenoxy) is 1. The Balaban J connectivity index is 1.61. The van der Waals surface area contributed by atoms with E-state index in [2.05, 4.69) is 15.4 Å². The quantitative estimate of drug-likeness (QED) is 0.781. The molecule has 0 aliphatic carbocycles. The van der Waals surface area contributed by atoms with Gasteiger partial charge in [0.25, 0.3) is 5.91 Å². The molecule has 0 fully saturated rings. The number of anilines is 1. The maximum atomic E-state index is 12.2. The van der Waals surface area contributed by atoms with Gasteiger partial charge in [0.05, 0.1) is 11.8 Å². The molecule has 0 unspecified atom stereocenters. The summed E-state index contributed by atoms with van der Waals surface area (Å²) in [6.07, 6.45) is 5.17. The first kappa shape index (κ1) is 15.8. The summed E-state index contributed by atoms with van der Waals surface area (Å²) in [6, 6.07) is 7.23. The fourth-order valence-corrected chi connectivity index (χ4v) is 2.24. The van der Waals surface area contributed by atoms with E-state index in [9.17, 15) is 4.79 Å². The van der Waals surface area contributed by atoms with Gasteiger partial charge in [0.2, 0.25) is 0 Å². The van der Waals surface area contributed by atoms with Gasteiger partial charge in [-0.1, -0.05) is 0 Å². The lowest BCUT2D eigenvalue weighted by Gasteiger charge is -2.08. The predicted octanol–water partition coefficient (Wildman–Crippen LogP) is 2.29. The van der Waals surface area contributed by atoms with E-state index in [1.807, 2.05) is 36.9 Å². The van der Waals surface area contributed by atoms with Gasteiger partial charge in [0.1, 0.15) is 18.2 Å². The molecule has 0 aliphatic heterocycles. The number of carbonyl (C=O) groups excluding carboxylic acids is 1. The molecule has 2 heterocycles. The Bertz CT molecular complexity index is 848. The number of amides is 1. The van der Waals surface area contributed by atoms with E-state index in [1.54, 1.807) is 36.3 Å². The van der Waals surface area contributed by atoms with Crippen LogP contribution in [0.3, 0.4) is 0 Å². The molecule has 0 spiro atoms. The molecule has 1 amide bonds. The zero-order valence-electron chi connectivity index (χ0n) is 13.9. The molecule has 0 bridgehead atoms. The molecular formula is C17H19N5O2. The van der Waals surface area contributed by atoms with Crippen LogP contribution >= 0.6 is 0 Å². The topological polar surface area (TPSA) is 74.0 Å². The molecule has 3 aromatic rings. The zero-order chi connectivity index (χ0) is 17.1. The smallest absolute Gasteiger partial charge is 0.259 e. The second kappa shape index (κ2) is 6.57. The van der Waals surface area contributed by atoms with Gasteiger partial charge in [-0.05, 0) is 31.2 Å². The van der Waals surface area contributed by atoms with Gasteiger partial charge in [-0.3, -0.25) is 9.48 Å². The van der Waals surface area contributed by atoms with Gasteiger partial charge in [0.15, 0.2) is 0 Å². The van der Waals surface area contributed by atoms with Gasteiger partial charge >= 0.3 is 0 Å². The normalized spacial score (nSPS) is 10.6. The Hall–Kier alpha value is -3.09. The lowest BCUT2D eigenvalue weighted by molar-refractivity contribution is 0.102. The van der Waals surface area contributed by atoms with Gasteiger partial charge in [0, 0.05) is 37.9 Å². The molecule has 124 valence electrons. The largest absolute Gasteiger partial charge is 0.486 e. The molecule has 0 saturated heterocycles. The average molecular weight is 325 g/mol. The Morgan fingerprint density at radius 2 is 2.00 bits per heavy atom. The third kappa shape index (κ3) is 3.29. The molecule has 3 rings (SSSR count). The van der Waals surface area contributed by atoms with Crippen LogP contribution in [0.5, 0.6) is 5.75 Å². The molecule has 7 nitrogen and oxygen atoms in total. The van der Waals surface area contributed by atoms with Gasteiger partial charge in [-0.25, -0.2) is 4.98 Å². The van der Waals surface area contributed by atoms with E-state index < -0.39 is 0 Å². The summed E-state index contributed by atoms with van der Waals surface area (Å²) in [7, 11) is 3.73. The third-order valence-electron chi connectivity index (χ3n) is 3.88. The van der Waals surface area contributed by atoms with Crippen LogP contribution in [0.25, 0.3) is 0 Å². The van der Waals surface area contributed by atoms with E-state index in [-0.39, 0.29) is 5.91 Å². The van der Waals surface area contributed by atoms with Crippen molar-refractivity contribution in [3.8, 4) is 5.75 Å². The molecule has 2 aromatic heterocycles. The highest BCUT2D eigenvalue weighted by molar-refractivity contribution is 6.04. The summed E-state index contributed by atoms with van der Waals surface area (Å²) in [5.41, 5.74) is 2.09.